The molecule has 1 aromatic heterocycles. The van der Waals surface area contributed by atoms with Gasteiger partial charge in [-0.05, 0) is 49.1 Å². The molecule has 0 spiro atoms. The third-order valence-electron chi connectivity index (χ3n) is 5.16. The van der Waals surface area contributed by atoms with Crippen LogP contribution in [0.2, 0.25) is 0 Å². The number of carbonyl (C=O) groups excluding carboxylic acids is 1. The topological polar surface area (TPSA) is 59.8 Å². The number of hydrogen-bond acceptors (Lipinski definition) is 3. The minimum Gasteiger partial charge on any atom is -0.326 e. The number of benzene rings is 2. The molecule has 1 aliphatic rings. The summed E-state index contributed by atoms with van der Waals surface area (Å²) in [6.07, 6.45) is 4.65. The molecular weight excluding hydrogens is 355 g/mol. The van der Waals surface area contributed by atoms with Crippen molar-refractivity contribution in [2.75, 3.05) is 5.32 Å². The van der Waals surface area contributed by atoms with E-state index in [1.807, 2.05) is 25.1 Å². The number of fused-ring (bicyclic) bond motifs is 1. The Hall–Kier alpha value is -3.02. The van der Waals surface area contributed by atoms with Crippen LogP contribution < -0.4 is 5.32 Å². The number of anilines is 1. The first-order valence-corrected chi connectivity index (χ1v) is 9.67. The number of amides is 1. The Kier molecular flexibility index (Phi) is 5.19. The van der Waals surface area contributed by atoms with E-state index < -0.39 is 0 Å². The summed E-state index contributed by atoms with van der Waals surface area (Å²) in [5.74, 6) is 1.45. The highest BCUT2D eigenvalue weighted by Crippen LogP contribution is 2.27. The largest absolute Gasteiger partial charge is 0.326 e. The van der Waals surface area contributed by atoms with E-state index in [1.54, 1.807) is 12.1 Å². The molecule has 1 N–H and O–H groups in total. The summed E-state index contributed by atoms with van der Waals surface area (Å²) >= 11 is 0. The van der Waals surface area contributed by atoms with E-state index in [0.717, 1.165) is 59.8 Å². The zero-order valence-corrected chi connectivity index (χ0v) is 15.9. The second-order valence-corrected chi connectivity index (χ2v) is 7.28. The average molecular weight is 378 g/mol. The highest BCUT2D eigenvalue weighted by atomic mass is 19.1. The number of aryl methyl sites for hydroxylation is 2. The van der Waals surface area contributed by atoms with Crippen molar-refractivity contribution in [2.45, 2.75) is 45.6 Å². The molecule has 0 radical (unpaired) electrons. The van der Waals surface area contributed by atoms with Gasteiger partial charge in [-0.25, -0.2) is 4.39 Å². The molecule has 0 saturated heterocycles. The normalized spacial score (nSPS) is 13.6. The zero-order valence-electron chi connectivity index (χ0n) is 15.9. The Morgan fingerprint density at radius 2 is 1.93 bits per heavy atom. The van der Waals surface area contributed by atoms with Crippen LogP contribution in [0, 0.1) is 12.7 Å². The molecule has 28 heavy (non-hydrogen) atoms. The van der Waals surface area contributed by atoms with E-state index in [1.165, 1.54) is 18.6 Å². The first-order chi connectivity index (χ1) is 13.6. The van der Waals surface area contributed by atoms with E-state index in [-0.39, 0.29) is 18.1 Å². The lowest BCUT2D eigenvalue weighted by molar-refractivity contribution is -0.115. The van der Waals surface area contributed by atoms with E-state index in [4.69, 9.17) is 0 Å². The second-order valence-electron chi connectivity index (χ2n) is 7.28. The van der Waals surface area contributed by atoms with Gasteiger partial charge in [0.25, 0.3) is 0 Å². The molecule has 6 heteroatoms. The Balaban J connectivity index is 1.55. The fraction of sp³-hybridized carbons (Fsp3) is 0.318. The lowest BCUT2D eigenvalue weighted by Crippen LogP contribution is -2.15. The van der Waals surface area contributed by atoms with Gasteiger partial charge in [0.05, 0.1) is 6.42 Å². The summed E-state index contributed by atoms with van der Waals surface area (Å²) in [4.78, 5) is 12.5. The van der Waals surface area contributed by atoms with Gasteiger partial charge in [-0.2, -0.15) is 0 Å². The maximum atomic E-state index is 13.0. The fourth-order valence-corrected chi connectivity index (χ4v) is 3.58. The Morgan fingerprint density at radius 3 is 2.75 bits per heavy atom. The van der Waals surface area contributed by atoms with Crippen LogP contribution in [0.4, 0.5) is 10.1 Å². The molecule has 2 heterocycles. The maximum absolute atomic E-state index is 13.0. The van der Waals surface area contributed by atoms with Crippen molar-refractivity contribution in [1.82, 2.24) is 14.8 Å². The molecule has 2 aromatic carbocycles. The predicted molar refractivity (Wildman–Crippen MR) is 106 cm³/mol. The summed E-state index contributed by atoms with van der Waals surface area (Å²) in [6.45, 7) is 2.89. The molecule has 0 unspecified atom stereocenters. The highest BCUT2D eigenvalue weighted by molar-refractivity contribution is 5.93. The molecule has 0 fully saturated rings. The van der Waals surface area contributed by atoms with Crippen molar-refractivity contribution in [2.24, 2.45) is 0 Å². The summed E-state index contributed by atoms with van der Waals surface area (Å²) < 4.78 is 15.2. The lowest BCUT2D eigenvalue weighted by Gasteiger charge is -2.12. The number of rotatable bonds is 4. The van der Waals surface area contributed by atoms with Crippen LogP contribution in [0.3, 0.4) is 0 Å². The fourth-order valence-electron chi connectivity index (χ4n) is 3.58. The Morgan fingerprint density at radius 1 is 1.11 bits per heavy atom. The molecule has 0 atom stereocenters. The van der Waals surface area contributed by atoms with E-state index in [9.17, 15) is 9.18 Å². The average Bonchev–Trinajstić information content (AvgIpc) is 2.93. The summed E-state index contributed by atoms with van der Waals surface area (Å²) in [6, 6.07) is 12.0. The van der Waals surface area contributed by atoms with Crippen molar-refractivity contribution in [3.63, 3.8) is 0 Å². The number of nitrogens with one attached hydrogen (secondary N) is 1. The van der Waals surface area contributed by atoms with Gasteiger partial charge in [0.1, 0.15) is 11.6 Å². The van der Waals surface area contributed by atoms with Crippen molar-refractivity contribution >= 4 is 11.6 Å². The van der Waals surface area contributed by atoms with Gasteiger partial charge in [0.2, 0.25) is 5.91 Å². The minimum atomic E-state index is -0.305. The van der Waals surface area contributed by atoms with Crippen LogP contribution in [0.15, 0.2) is 42.5 Å². The Labute approximate surface area is 163 Å². The van der Waals surface area contributed by atoms with Crippen LogP contribution in [-0.4, -0.2) is 20.7 Å². The minimum absolute atomic E-state index is 0.132. The number of aromatic nitrogens is 3. The third kappa shape index (κ3) is 3.96. The van der Waals surface area contributed by atoms with Crippen LogP contribution in [-0.2, 0) is 24.2 Å². The number of nitrogens with zero attached hydrogens (tertiary/aromatic N) is 3. The van der Waals surface area contributed by atoms with E-state index in [0.29, 0.717) is 0 Å². The SMILES string of the molecule is Cc1ccc(-c2nnc3n2CCCCC3)cc1NC(=O)Cc1ccc(F)cc1. The second kappa shape index (κ2) is 7.92. The summed E-state index contributed by atoms with van der Waals surface area (Å²) in [5, 5.41) is 11.7. The predicted octanol–water partition coefficient (Wildman–Crippen LogP) is 4.30. The van der Waals surface area contributed by atoms with Crippen LogP contribution in [0.5, 0.6) is 0 Å². The van der Waals surface area contributed by atoms with Gasteiger partial charge in [0.15, 0.2) is 5.82 Å². The molecule has 0 aliphatic carbocycles. The molecule has 0 saturated carbocycles. The smallest absolute Gasteiger partial charge is 0.228 e. The maximum Gasteiger partial charge on any atom is 0.228 e. The monoisotopic (exact) mass is 378 g/mol. The third-order valence-corrected chi connectivity index (χ3v) is 5.16. The van der Waals surface area contributed by atoms with Crippen molar-refractivity contribution in [1.29, 1.82) is 0 Å². The summed E-state index contributed by atoms with van der Waals surface area (Å²) in [5.41, 5.74) is 3.46. The zero-order chi connectivity index (χ0) is 19.5. The standard InChI is InChI=1S/C22H23FN4O/c1-15-6-9-17(22-26-25-20-5-3-2-4-12-27(20)22)14-19(15)24-21(28)13-16-7-10-18(23)11-8-16/h6-11,14H,2-5,12-13H2,1H3,(H,24,28). The van der Waals surface area contributed by atoms with Gasteiger partial charge >= 0.3 is 0 Å². The highest BCUT2D eigenvalue weighted by Gasteiger charge is 2.17. The summed E-state index contributed by atoms with van der Waals surface area (Å²) in [7, 11) is 0. The van der Waals surface area contributed by atoms with Gasteiger partial charge in [0, 0.05) is 24.2 Å². The van der Waals surface area contributed by atoms with Gasteiger partial charge in [-0.1, -0.05) is 30.7 Å². The molecule has 1 aliphatic heterocycles. The van der Waals surface area contributed by atoms with Crippen LogP contribution in [0.25, 0.3) is 11.4 Å². The van der Waals surface area contributed by atoms with E-state index in [2.05, 4.69) is 20.1 Å². The quantitative estimate of drug-likeness (QED) is 0.736. The molecule has 1 amide bonds. The number of hydrogen-bond donors (Lipinski definition) is 1. The Bertz CT molecular complexity index is 994. The van der Waals surface area contributed by atoms with Crippen molar-refractivity contribution < 1.29 is 9.18 Å². The molecule has 144 valence electrons. The lowest BCUT2D eigenvalue weighted by atomic mass is 10.1. The number of halogens is 1. The van der Waals surface area contributed by atoms with Gasteiger partial charge in [-0.3, -0.25) is 4.79 Å². The molecule has 3 aromatic rings. The van der Waals surface area contributed by atoms with Crippen molar-refractivity contribution in [3.05, 3.63) is 65.2 Å². The molecular formula is C22H23FN4O. The molecule has 4 rings (SSSR count). The van der Waals surface area contributed by atoms with Crippen LogP contribution in [0.1, 0.15) is 36.2 Å². The van der Waals surface area contributed by atoms with Gasteiger partial charge in [-0.15, -0.1) is 10.2 Å². The van der Waals surface area contributed by atoms with Gasteiger partial charge < -0.3 is 9.88 Å². The van der Waals surface area contributed by atoms with E-state index >= 15 is 0 Å². The van der Waals surface area contributed by atoms with Crippen LogP contribution >= 0.6 is 0 Å². The first kappa shape index (κ1) is 18.3. The number of carbonyl (C=O) groups is 1. The molecule has 0 bridgehead atoms. The first-order valence-electron chi connectivity index (χ1n) is 9.67. The van der Waals surface area contributed by atoms with Crippen molar-refractivity contribution in [3.8, 4) is 11.4 Å². The molecule has 5 nitrogen and oxygen atoms in total.